The highest BCUT2D eigenvalue weighted by Crippen LogP contribution is 2.13. The van der Waals surface area contributed by atoms with E-state index in [1.54, 1.807) is 0 Å². The Hall–Kier alpha value is -2.28. The fourth-order valence-electron chi connectivity index (χ4n) is 1.15. The van der Waals surface area contributed by atoms with Crippen LogP contribution in [0.4, 0.5) is 0 Å². The maximum atomic E-state index is 11.7. The molecule has 0 aromatic rings. The van der Waals surface area contributed by atoms with Crippen LogP contribution in [0.15, 0.2) is 24.3 Å². The Bertz CT molecular complexity index is 476. The lowest BCUT2D eigenvalue weighted by atomic mass is 10.0. The molecule has 0 rings (SSSR count). The van der Waals surface area contributed by atoms with Gasteiger partial charge in [-0.3, -0.25) is 9.59 Å². The Morgan fingerprint density at radius 3 is 1.90 bits per heavy atom. The van der Waals surface area contributed by atoms with Gasteiger partial charge in [-0.2, -0.15) is 0 Å². The fourth-order valence-corrected chi connectivity index (χ4v) is 1.15. The van der Waals surface area contributed by atoms with E-state index >= 15 is 0 Å². The number of ether oxygens (including phenoxy) is 2. The summed E-state index contributed by atoms with van der Waals surface area (Å²) in [6.07, 6.45) is -0.611. The van der Waals surface area contributed by atoms with Gasteiger partial charge < -0.3 is 14.6 Å². The lowest BCUT2D eigenvalue weighted by Crippen LogP contribution is -2.26. The first-order valence-corrected chi connectivity index (χ1v) is 6.12. The maximum absolute atomic E-state index is 11.7. The minimum absolute atomic E-state index is 0.0196. The second-order valence-corrected chi connectivity index (χ2v) is 4.44. The summed E-state index contributed by atoms with van der Waals surface area (Å²) in [7, 11) is 0. The third-order valence-corrected chi connectivity index (χ3v) is 2.32. The molecule has 0 fully saturated rings. The van der Waals surface area contributed by atoms with Crippen molar-refractivity contribution in [2.24, 2.45) is 5.92 Å². The Morgan fingerprint density at radius 2 is 1.48 bits per heavy atom. The van der Waals surface area contributed by atoms with Gasteiger partial charge in [0.15, 0.2) is 0 Å². The monoisotopic (exact) mass is 298 g/mol. The predicted octanol–water partition coefficient (Wildman–Crippen LogP) is 0.667. The molecule has 0 saturated carbocycles. The highest BCUT2D eigenvalue weighted by atomic mass is 16.6. The lowest BCUT2D eigenvalue weighted by Gasteiger charge is -2.13. The summed E-state index contributed by atoms with van der Waals surface area (Å²) in [4.78, 5) is 45.6. The molecule has 0 heterocycles. The molecule has 1 unspecified atom stereocenters. The molecule has 116 valence electrons. The molecule has 1 N–H and O–H groups in total. The summed E-state index contributed by atoms with van der Waals surface area (Å²) in [5.41, 5.74) is 0.0493. The van der Waals surface area contributed by atoms with Gasteiger partial charge in [-0.15, -0.1) is 0 Å². The third-order valence-electron chi connectivity index (χ3n) is 2.32. The normalized spacial score (nSPS) is 11.2. The van der Waals surface area contributed by atoms with Crippen molar-refractivity contribution < 1.29 is 33.8 Å². The number of carbonyl (C=O) groups is 4. The van der Waals surface area contributed by atoms with Crippen molar-refractivity contribution in [1.82, 2.24) is 0 Å². The van der Waals surface area contributed by atoms with E-state index in [1.165, 1.54) is 13.8 Å². The van der Waals surface area contributed by atoms with Gasteiger partial charge in [0.1, 0.15) is 0 Å². The van der Waals surface area contributed by atoms with Crippen molar-refractivity contribution >= 4 is 23.9 Å². The van der Waals surface area contributed by atoms with E-state index in [-0.39, 0.29) is 17.6 Å². The van der Waals surface area contributed by atoms with Crippen LogP contribution in [0.5, 0.6) is 0 Å². The Kier molecular flexibility index (Phi) is 7.85. The van der Waals surface area contributed by atoms with E-state index in [2.05, 4.69) is 22.6 Å². The Morgan fingerprint density at radius 1 is 1.00 bits per heavy atom. The van der Waals surface area contributed by atoms with E-state index < -0.39 is 42.8 Å². The number of esters is 4. The van der Waals surface area contributed by atoms with Gasteiger partial charge in [0.05, 0.1) is 12.3 Å². The first-order valence-electron chi connectivity index (χ1n) is 6.12. The van der Waals surface area contributed by atoms with Crippen molar-refractivity contribution in [2.45, 2.75) is 26.7 Å². The van der Waals surface area contributed by atoms with E-state index in [0.29, 0.717) is 0 Å². The van der Waals surface area contributed by atoms with Gasteiger partial charge in [0, 0.05) is 17.8 Å². The highest BCUT2D eigenvalue weighted by Gasteiger charge is 2.27. The second-order valence-electron chi connectivity index (χ2n) is 4.44. The average molecular weight is 298 g/mol. The van der Waals surface area contributed by atoms with E-state index in [0.717, 1.165) is 0 Å². The smallest absolute Gasteiger partial charge is 0.340 e. The summed E-state index contributed by atoms with van der Waals surface area (Å²) < 4.78 is 8.90. The van der Waals surface area contributed by atoms with E-state index in [1.807, 2.05) is 0 Å². The number of hydrogen-bond acceptors (Lipinski definition) is 7. The molecule has 1 atom stereocenters. The zero-order valence-corrected chi connectivity index (χ0v) is 12.0. The molecule has 0 saturated heterocycles. The zero-order valence-electron chi connectivity index (χ0n) is 12.0. The molecule has 0 aliphatic rings. The van der Waals surface area contributed by atoms with E-state index in [9.17, 15) is 19.2 Å². The molecule has 7 nitrogen and oxygen atoms in total. The topological polar surface area (TPSA) is 107 Å². The number of rotatable bonds is 7. The first kappa shape index (κ1) is 18.7. The molecular formula is C14H18O7. The fraction of sp³-hybridized carbons (Fsp3) is 0.429. The van der Waals surface area contributed by atoms with Crippen molar-refractivity contribution in [2.75, 3.05) is 6.61 Å². The van der Waals surface area contributed by atoms with Crippen LogP contribution in [0.2, 0.25) is 0 Å². The number of aliphatic hydroxyl groups is 1. The van der Waals surface area contributed by atoms with Gasteiger partial charge in [-0.25, -0.2) is 9.59 Å². The summed E-state index contributed by atoms with van der Waals surface area (Å²) in [6, 6.07) is 0. The SMILES string of the molecule is C=C(C)C(=O)OC(=O)CC(CCO)C(=O)OC(=O)C(=C)C. The van der Waals surface area contributed by atoms with Crippen molar-refractivity contribution in [3.63, 3.8) is 0 Å². The van der Waals surface area contributed by atoms with Gasteiger partial charge >= 0.3 is 23.9 Å². The average Bonchev–Trinajstić information content (AvgIpc) is 2.37. The minimum atomic E-state index is -1.09. The minimum Gasteiger partial charge on any atom is -0.396 e. The highest BCUT2D eigenvalue weighted by molar-refractivity contribution is 5.98. The van der Waals surface area contributed by atoms with Crippen LogP contribution in [0.25, 0.3) is 0 Å². The Labute approximate surface area is 122 Å². The van der Waals surface area contributed by atoms with Gasteiger partial charge in [-0.1, -0.05) is 13.2 Å². The molecular weight excluding hydrogens is 280 g/mol. The van der Waals surface area contributed by atoms with Crippen molar-refractivity contribution in [1.29, 1.82) is 0 Å². The molecule has 0 amide bonds. The molecule has 0 aliphatic heterocycles. The predicted molar refractivity (Wildman–Crippen MR) is 71.6 cm³/mol. The summed E-state index contributed by atoms with van der Waals surface area (Å²) in [6.45, 7) is 8.93. The molecule has 0 radical (unpaired) electrons. The quantitative estimate of drug-likeness (QED) is 0.418. The molecule has 21 heavy (non-hydrogen) atoms. The van der Waals surface area contributed by atoms with Crippen molar-refractivity contribution in [3.8, 4) is 0 Å². The summed E-state index contributed by atoms with van der Waals surface area (Å²) >= 11 is 0. The number of hydrogen-bond donors (Lipinski definition) is 1. The van der Waals surface area contributed by atoms with Crippen LogP contribution in [0.3, 0.4) is 0 Å². The molecule has 0 aliphatic carbocycles. The van der Waals surface area contributed by atoms with Crippen LogP contribution in [0.1, 0.15) is 26.7 Å². The zero-order chi connectivity index (χ0) is 16.6. The van der Waals surface area contributed by atoms with E-state index in [4.69, 9.17) is 5.11 Å². The number of aliphatic hydroxyl groups excluding tert-OH is 1. The van der Waals surface area contributed by atoms with Crippen LogP contribution in [0, 0.1) is 5.92 Å². The van der Waals surface area contributed by atoms with Crippen molar-refractivity contribution in [3.05, 3.63) is 24.3 Å². The summed E-state index contributed by atoms with van der Waals surface area (Å²) in [5.74, 6) is -4.88. The molecule has 0 bridgehead atoms. The van der Waals surface area contributed by atoms with Crippen LogP contribution >= 0.6 is 0 Å². The second kappa shape index (κ2) is 8.80. The Balaban J connectivity index is 4.68. The molecule has 0 spiro atoms. The van der Waals surface area contributed by atoms with Gasteiger partial charge in [-0.05, 0) is 20.3 Å². The van der Waals surface area contributed by atoms with Gasteiger partial charge in [0.2, 0.25) is 0 Å². The third kappa shape index (κ3) is 7.17. The van der Waals surface area contributed by atoms with Crippen LogP contribution < -0.4 is 0 Å². The maximum Gasteiger partial charge on any atom is 0.340 e. The number of carbonyl (C=O) groups excluding carboxylic acids is 4. The molecule has 0 aromatic carbocycles. The van der Waals surface area contributed by atoms with Crippen LogP contribution in [-0.4, -0.2) is 35.6 Å². The largest absolute Gasteiger partial charge is 0.396 e. The lowest BCUT2D eigenvalue weighted by molar-refractivity contribution is -0.166. The first-order chi connectivity index (χ1) is 9.68. The standard InChI is InChI=1S/C14H18O7/c1-8(2)12(17)20-11(16)7-10(5-6-15)14(19)21-13(18)9(3)4/h10,15H,1,3,5-7H2,2,4H3. The molecule has 0 aromatic heterocycles. The summed E-state index contributed by atoms with van der Waals surface area (Å²) in [5, 5.41) is 8.87. The van der Waals surface area contributed by atoms with Crippen LogP contribution in [-0.2, 0) is 28.7 Å². The van der Waals surface area contributed by atoms with Gasteiger partial charge in [0.25, 0.3) is 0 Å². The molecule has 7 heteroatoms.